The molecule has 0 aliphatic carbocycles. The summed E-state index contributed by atoms with van der Waals surface area (Å²) in [5, 5.41) is 7.01. The summed E-state index contributed by atoms with van der Waals surface area (Å²) in [5.41, 5.74) is 0. The molecule has 0 aromatic carbocycles. The highest BCUT2D eigenvalue weighted by molar-refractivity contribution is 6.32. The molecule has 6 heteroatoms. The molecule has 2 N–H and O–H groups in total. The predicted molar refractivity (Wildman–Crippen MR) is 58.1 cm³/mol. The molecule has 2 atom stereocenters. The molecule has 1 aromatic rings. The largest absolute Gasteiger partial charge is 0.378 e. The van der Waals surface area contributed by atoms with Gasteiger partial charge in [0.25, 0.3) is 0 Å². The van der Waals surface area contributed by atoms with Crippen LogP contribution in [0.5, 0.6) is 0 Å². The molecular weight excluding hydrogens is 216 g/mol. The van der Waals surface area contributed by atoms with Crippen molar-refractivity contribution in [2.75, 3.05) is 25.5 Å². The Hall–Kier alpha value is -0.910. The van der Waals surface area contributed by atoms with E-state index in [0.717, 1.165) is 13.1 Å². The van der Waals surface area contributed by atoms with Crippen LogP contribution in [0.4, 0.5) is 5.82 Å². The van der Waals surface area contributed by atoms with Crippen LogP contribution in [0.1, 0.15) is 0 Å². The van der Waals surface area contributed by atoms with Crippen LogP contribution in [-0.4, -0.2) is 42.3 Å². The summed E-state index contributed by atoms with van der Waals surface area (Å²) < 4.78 is 5.32. The van der Waals surface area contributed by atoms with Gasteiger partial charge in [0, 0.05) is 20.2 Å². The number of hydrogen-bond acceptors (Lipinski definition) is 5. The van der Waals surface area contributed by atoms with Gasteiger partial charge in [0.05, 0.1) is 18.3 Å². The highest BCUT2D eigenvalue weighted by Crippen LogP contribution is 2.19. The van der Waals surface area contributed by atoms with Crippen LogP contribution in [0.2, 0.25) is 5.02 Å². The smallest absolute Gasteiger partial charge is 0.148 e. The Morgan fingerprint density at radius 3 is 3.20 bits per heavy atom. The van der Waals surface area contributed by atoms with Gasteiger partial charge in [-0.1, -0.05) is 11.6 Å². The fraction of sp³-hybridized carbons (Fsp3) is 0.556. The van der Waals surface area contributed by atoms with Crippen molar-refractivity contribution < 1.29 is 4.74 Å². The van der Waals surface area contributed by atoms with Crippen LogP contribution >= 0.6 is 11.6 Å². The second-order valence-corrected chi connectivity index (χ2v) is 3.81. The first-order valence-corrected chi connectivity index (χ1v) is 5.14. The number of ether oxygens (including phenoxy) is 1. The Bertz CT molecular complexity index is 336. The van der Waals surface area contributed by atoms with Gasteiger partial charge >= 0.3 is 0 Å². The van der Waals surface area contributed by atoms with Crippen molar-refractivity contribution in [2.24, 2.45) is 0 Å². The summed E-state index contributed by atoms with van der Waals surface area (Å²) in [6, 6.07) is 0.197. The molecule has 1 aliphatic rings. The minimum absolute atomic E-state index is 0.149. The van der Waals surface area contributed by atoms with E-state index in [-0.39, 0.29) is 12.1 Å². The van der Waals surface area contributed by atoms with Crippen molar-refractivity contribution in [1.29, 1.82) is 0 Å². The number of anilines is 1. The quantitative estimate of drug-likeness (QED) is 0.791. The van der Waals surface area contributed by atoms with E-state index in [9.17, 15) is 0 Å². The Morgan fingerprint density at radius 1 is 1.60 bits per heavy atom. The Labute approximate surface area is 93.2 Å². The maximum atomic E-state index is 5.94. The third-order valence-corrected chi connectivity index (χ3v) is 2.73. The Morgan fingerprint density at radius 2 is 2.47 bits per heavy atom. The molecule has 5 nitrogen and oxygen atoms in total. The first-order chi connectivity index (χ1) is 7.31. The second kappa shape index (κ2) is 4.74. The zero-order valence-corrected chi connectivity index (χ0v) is 9.16. The topological polar surface area (TPSA) is 59.1 Å². The van der Waals surface area contributed by atoms with Crippen LogP contribution < -0.4 is 10.6 Å². The van der Waals surface area contributed by atoms with Crippen LogP contribution in [0.15, 0.2) is 12.5 Å². The van der Waals surface area contributed by atoms with Gasteiger partial charge in [-0.3, -0.25) is 0 Å². The number of methoxy groups -OCH3 is 1. The number of rotatable bonds is 3. The summed E-state index contributed by atoms with van der Waals surface area (Å²) >= 11 is 5.94. The molecule has 0 bridgehead atoms. The average Bonchev–Trinajstić information content (AvgIpc) is 2.69. The Balaban J connectivity index is 2.05. The van der Waals surface area contributed by atoms with E-state index in [1.807, 2.05) is 0 Å². The van der Waals surface area contributed by atoms with E-state index in [4.69, 9.17) is 16.3 Å². The van der Waals surface area contributed by atoms with Crippen molar-refractivity contribution in [3.63, 3.8) is 0 Å². The van der Waals surface area contributed by atoms with Gasteiger partial charge in [0.1, 0.15) is 17.2 Å². The van der Waals surface area contributed by atoms with E-state index in [1.54, 1.807) is 13.3 Å². The van der Waals surface area contributed by atoms with Crippen LogP contribution in [0.3, 0.4) is 0 Å². The second-order valence-electron chi connectivity index (χ2n) is 3.40. The molecule has 1 fully saturated rings. The van der Waals surface area contributed by atoms with Gasteiger partial charge in [0.15, 0.2) is 0 Å². The van der Waals surface area contributed by atoms with Gasteiger partial charge < -0.3 is 15.4 Å². The highest BCUT2D eigenvalue weighted by atomic mass is 35.5. The lowest BCUT2D eigenvalue weighted by Gasteiger charge is -2.19. The standard InChI is InChI=1S/C9H13ClN4O/c1-15-8-4-11-3-7(8)14-9-6(10)2-12-5-13-9/h2,5,7-8,11H,3-4H2,1H3,(H,12,13,14)/t7?,8-/m0/s1. The van der Waals surface area contributed by atoms with Crippen molar-refractivity contribution >= 4 is 17.4 Å². The minimum atomic E-state index is 0.149. The third-order valence-electron chi connectivity index (χ3n) is 2.45. The lowest BCUT2D eigenvalue weighted by atomic mass is 10.2. The molecule has 0 spiro atoms. The SMILES string of the molecule is CO[C@H]1CNCC1Nc1ncncc1Cl. The summed E-state index contributed by atoms with van der Waals surface area (Å²) in [5.74, 6) is 0.655. The number of hydrogen-bond donors (Lipinski definition) is 2. The molecule has 15 heavy (non-hydrogen) atoms. The molecule has 1 saturated heterocycles. The Kier molecular flexibility index (Phi) is 3.35. The number of nitrogens with zero attached hydrogens (tertiary/aromatic N) is 2. The summed E-state index contributed by atoms with van der Waals surface area (Å²) in [4.78, 5) is 7.90. The minimum Gasteiger partial charge on any atom is -0.378 e. The lowest BCUT2D eigenvalue weighted by Crippen LogP contribution is -2.33. The predicted octanol–water partition coefficient (Wildman–Crippen LogP) is 0.529. The van der Waals surface area contributed by atoms with Crippen molar-refractivity contribution in [2.45, 2.75) is 12.1 Å². The van der Waals surface area contributed by atoms with E-state index < -0.39 is 0 Å². The molecule has 1 aliphatic heterocycles. The molecule has 0 amide bonds. The number of halogens is 1. The van der Waals surface area contributed by atoms with Crippen LogP contribution in [0.25, 0.3) is 0 Å². The molecule has 2 rings (SSSR count). The summed E-state index contributed by atoms with van der Waals surface area (Å²) in [6.45, 7) is 1.69. The maximum Gasteiger partial charge on any atom is 0.148 e. The van der Waals surface area contributed by atoms with Crippen LogP contribution in [0, 0.1) is 0 Å². The number of nitrogens with one attached hydrogen (secondary N) is 2. The normalized spacial score (nSPS) is 25.5. The monoisotopic (exact) mass is 228 g/mol. The third kappa shape index (κ3) is 2.37. The molecular formula is C9H13ClN4O. The fourth-order valence-corrected chi connectivity index (χ4v) is 1.80. The fourth-order valence-electron chi connectivity index (χ4n) is 1.64. The average molecular weight is 229 g/mol. The summed E-state index contributed by atoms with van der Waals surface area (Å²) in [6.07, 6.45) is 3.19. The number of aromatic nitrogens is 2. The molecule has 0 saturated carbocycles. The van der Waals surface area contributed by atoms with Crippen LogP contribution in [-0.2, 0) is 4.74 Å². The molecule has 82 valence electrons. The van der Waals surface area contributed by atoms with Gasteiger partial charge in [-0.25, -0.2) is 9.97 Å². The van der Waals surface area contributed by atoms with Gasteiger partial charge in [-0.05, 0) is 0 Å². The van der Waals surface area contributed by atoms with Crippen molar-refractivity contribution in [1.82, 2.24) is 15.3 Å². The zero-order chi connectivity index (χ0) is 10.7. The first-order valence-electron chi connectivity index (χ1n) is 4.77. The van der Waals surface area contributed by atoms with Crippen molar-refractivity contribution in [3.05, 3.63) is 17.5 Å². The van der Waals surface area contributed by atoms with E-state index >= 15 is 0 Å². The highest BCUT2D eigenvalue weighted by Gasteiger charge is 2.27. The van der Waals surface area contributed by atoms with E-state index in [1.165, 1.54) is 6.33 Å². The van der Waals surface area contributed by atoms with E-state index in [0.29, 0.717) is 10.8 Å². The first kappa shape index (κ1) is 10.6. The van der Waals surface area contributed by atoms with Crippen molar-refractivity contribution in [3.8, 4) is 0 Å². The van der Waals surface area contributed by atoms with Gasteiger partial charge in [-0.15, -0.1) is 0 Å². The molecule has 1 unspecified atom stereocenters. The molecule has 1 aromatic heterocycles. The maximum absolute atomic E-state index is 5.94. The molecule has 0 radical (unpaired) electrons. The zero-order valence-electron chi connectivity index (χ0n) is 8.40. The van der Waals surface area contributed by atoms with Gasteiger partial charge in [-0.2, -0.15) is 0 Å². The lowest BCUT2D eigenvalue weighted by molar-refractivity contribution is 0.111. The van der Waals surface area contributed by atoms with E-state index in [2.05, 4.69) is 20.6 Å². The molecule has 2 heterocycles. The summed E-state index contributed by atoms with van der Waals surface area (Å²) in [7, 11) is 1.70. The van der Waals surface area contributed by atoms with Gasteiger partial charge in [0.2, 0.25) is 0 Å².